The summed E-state index contributed by atoms with van der Waals surface area (Å²) < 4.78 is 0. The Morgan fingerprint density at radius 2 is 2.05 bits per heavy atom. The number of carbonyl (C=O) groups excluding carboxylic acids is 1. The molecule has 0 bridgehead atoms. The topological polar surface area (TPSA) is 56.1 Å². The van der Waals surface area contributed by atoms with Crippen LogP contribution in [0.5, 0.6) is 0 Å². The van der Waals surface area contributed by atoms with Crippen LogP contribution in [-0.2, 0) is 11.2 Å². The van der Waals surface area contributed by atoms with E-state index in [9.17, 15) is 10.1 Å². The van der Waals surface area contributed by atoms with Crippen LogP contribution in [-0.4, -0.2) is 36.5 Å². The zero-order chi connectivity index (χ0) is 15.5. The minimum absolute atomic E-state index is 0.0189. The van der Waals surface area contributed by atoms with Gasteiger partial charge in [-0.3, -0.25) is 4.79 Å². The van der Waals surface area contributed by atoms with Crippen LogP contribution in [0.2, 0.25) is 0 Å². The summed E-state index contributed by atoms with van der Waals surface area (Å²) in [7, 11) is 1.76. The maximum absolute atomic E-state index is 12.6. The number of nitrogens with one attached hydrogen (secondary N) is 1. The van der Waals surface area contributed by atoms with Gasteiger partial charge < -0.3 is 10.2 Å². The Hall–Kier alpha value is -1.86. The fourth-order valence-corrected chi connectivity index (χ4v) is 2.93. The van der Waals surface area contributed by atoms with Gasteiger partial charge in [-0.2, -0.15) is 5.26 Å². The number of nitriles is 1. The molecule has 1 saturated heterocycles. The van der Waals surface area contributed by atoms with E-state index >= 15 is 0 Å². The third kappa shape index (κ3) is 3.25. The van der Waals surface area contributed by atoms with Crippen molar-refractivity contribution in [2.24, 2.45) is 0 Å². The molecule has 1 aliphatic rings. The normalized spacial score (nSPS) is 17.0. The van der Waals surface area contributed by atoms with E-state index in [1.807, 2.05) is 26.0 Å². The fourth-order valence-electron chi connectivity index (χ4n) is 2.93. The van der Waals surface area contributed by atoms with Crippen LogP contribution >= 0.6 is 0 Å². The fraction of sp³-hybridized carbons (Fsp3) is 0.529. The SMILES string of the molecule is Cc1ccc(CC(=O)N(C)C2(C#N)CCNCC2)c(C)c1. The number of carbonyl (C=O) groups is 1. The van der Waals surface area contributed by atoms with Crippen LogP contribution in [0.25, 0.3) is 0 Å². The Balaban J connectivity index is 2.13. The van der Waals surface area contributed by atoms with Crippen LogP contribution in [0.1, 0.15) is 29.5 Å². The quantitative estimate of drug-likeness (QED) is 0.923. The number of amides is 1. The number of benzene rings is 1. The van der Waals surface area contributed by atoms with Crippen molar-refractivity contribution in [3.8, 4) is 6.07 Å². The van der Waals surface area contributed by atoms with E-state index in [0.29, 0.717) is 19.3 Å². The van der Waals surface area contributed by atoms with Gasteiger partial charge in [0.05, 0.1) is 12.5 Å². The molecule has 0 atom stereocenters. The molecule has 1 aliphatic heterocycles. The van der Waals surface area contributed by atoms with Gasteiger partial charge in [-0.25, -0.2) is 0 Å². The van der Waals surface area contributed by atoms with Crippen LogP contribution in [0, 0.1) is 25.2 Å². The van der Waals surface area contributed by atoms with Gasteiger partial charge in [0, 0.05) is 7.05 Å². The molecule has 0 saturated carbocycles. The molecule has 0 radical (unpaired) electrons. The first-order chi connectivity index (χ1) is 9.98. The molecule has 0 aliphatic carbocycles. The minimum atomic E-state index is -0.652. The van der Waals surface area contributed by atoms with Crippen molar-refractivity contribution < 1.29 is 4.79 Å². The standard InChI is InChI=1S/C17H23N3O/c1-13-4-5-15(14(2)10-13)11-16(21)20(3)17(12-18)6-8-19-9-7-17/h4-5,10,19H,6-9,11H2,1-3H3. The summed E-state index contributed by atoms with van der Waals surface area (Å²) in [5.74, 6) is 0.0189. The highest BCUT2D eigenvalue weighted by Gasteiger charge is 2.38. The van der Waals surface area contributed by atoms with Gasteiger partial charge in [0.1, 0.15) is 5.54 Å². The van der Waals surface area contributed by atoms with Crippen LogP contribution in [0.15, 0.2) is 18.2 Å². The van der Waals surface area contributed by atoms with Gasteiger partial charge in [0.2, 0.25) is 5.91 Å². The first-order valence-electron chi connectivity index (χ1n) is 7.43. The number of aryl methyl sites for hydroxylation is 2. The second kappa shape index (κ2) is 6.28. The summed E-state index contributed by atoms with van der Waals surface area (Å²) >= 11 is 0. The van der Waals surface area contributed by atoms with Gasteiger partial charge in [-0.1, -0.05) is 23.8 Å². The maximum Gasteiger partial charge on any atom is 0.228 e. The number of piperidine rings is 1. The Kier molecular flexibility index (Phi) is 4.64. The molecule has 2 rings (SSSR count). The Bertz CT molecular complexity index is 568. The van der Waals surface area contributed by atoms with Crippen molar-refractivity contribution in [2.75, 3.05) is 20.1 Å². The lowest BCUT2D eigenvalue weighted by Gasteiger charge is -2.39. The predicted octanol–water partition coefficient (Wildman–Crippen LogP) is 1.95. The monoisotopic (exact) mass is 285 g/mol. The van der Waals surface area contributed by atoms with Crippen LogP contribution < -0.4 is 5.32 Å². The van der Waals surface area contributed by atoms with Crippen molar-refractivity contribution in [3.05, 3.63) is 34.9 Å². The Morgan fingerprint density at radius 3 is 2.62 bits per heavy atom. The van der Waals surface area contributed by atoms with E-state index in [1.165, 1.54) is 5.56 Å². The lowest BCUT2D eigenvalue weighted by molar-refractivity contribution is -0.133. The zero-order valence-electron chi connectivity index (χ0n) is 13.1. The molecular weight excluding hydrogens is 262 g/mol. The highest BCUT2D eigenvalue weighted by atomic mass is 16.2. The third-order valence-corrected chi connectivity index (χ3v) is 4.49. The maximum atomic E-state index is 12.6. The molecule has 0 aromatic heterocycles. The van der Waals surface area contributed by atoms with Gasteiger partial charge in [-0.15, -0.1) is 0 Å². The summed E-state index contributed by atoms with van der Waals surface area (Å²) in [6, 6.07) is 8.50. The van der Waals surface area contributed by atoms with Crippen molar-refractivity contribution in [1.29, 1.82) is 5.26 Å². The molecule has 4 nitrogen and oxygen atoms in total. The molecule has 21 heavy (non-hydrogen) atoms. The number of rotatable bonds is 3. The number of hydrogen-bond donors (Lipinski definition) is 1. The van der Waals surface area contributed by atoms with E-state index in [4.69, 9.17) is 0 Å². The van der Waals surface area contributed by atoms with Crippen molar-refractivity contribution in [1.82, 2.24) is 10.2 Å². The molecule has 1 fully saturated rings. The largest absolute Gasteiger partial charge is 0.327 e. The van der Waals surface area contributed by atoms with Crippen molar-refractivity contribution in [2.45, 2.75) is 38.6 Å². The average molecular weight is 285 g/mol. The molecule has 0 unspecified atom stereocenters. The average Bonchev–Trinajstić information content (AvgIpc) is 2.50. The highest BCUT2D eigenvalue weighted by Crippen LogP contribution is 2.25. The first-order valence-corrected chi connectivity index (χ1v) is 7.43. The third-order valence-electron chi connectivity index (χ3n) is 4.49. The summed E-state index contributed by atoms with van der Waals surface area (Å²) in [6.07, 6.45) is 1.75. The van der Waals surface area contributed by atoms with E-state index in [0.717, 1.165) is 24.2 Å². The van der Waals surface area contributed by atoms with Crippen LogP contribution in [0.4, 0.5) is 0 Å². The van der Waals surface area contributed by atoms with Gasteiger partial charge >= 0.3 is 0 Å². The first kappa shape index (κ1) is 15.5. The molecule has 1 aromatic rings. The lowest BCUT2D eigenvalue weighted by Crippen LogP contribution is -2.54. The minimum Gasteiger partial charge on any atom is -0.327 e. The molecule has 1 aromatic carbocycles. The van der Waals surface area contributed by atoms with E-state index in [1.54, 1.807) is 11.9 Å². The van der Waals surface area contributed by atoms with Crippen LogP contribution in [0.3, 0.4) is 0 Å². The predicted molar refractivity (Wildman–Crippen MR) is 82.8 cm³/mol. The molecule has 4 heteroatoms. The summed E-state index contributed by atoms with van der Waals surface area (Å²) in [5, 5.41) is 12.8. The zero-order valence-corrected chi connectivity index (χ0v) is 13.1. The van der Waals surface area contributed by atoms with E-state index < -0.39 is 5.54 Å². The smallest absolute Gasteiger partial charge is 0.228 e. The van der Waals surface area contributed by atoms with E-state index in [2.05, 4.69) is 17.5 Å². The van der Waals surface area contributed by atoms with Gasteiger partial charge in [0.15, 0.2) is 0 Å². The lowest BCUT2D eigenvalue weighted by atomic mass is 9.87. The second-order valence-corrected chi connectivity index (χ2v) is 5.95. The van der Waals surface area contributed by atoms with Gasteiger partial charge in [-0.05, 0) is 50.9 Å². The molecular formula is C17H23N3O. The molecule has 112 valence electrons. The molecule has 0 spiro atoms. The molecule has 1 heterocycles. The Morgan fingerprint density at radius 1 is 1.38 bits per heavy atom. The number of nitrogens with zero attached hydrogens (tertiary/aromatic N) is 2. The number of hydrogen-bond acceptors (Lipinski definition) is 3. The second-order valence-electron chi connectivity index (χ2n) is 5.95. The molecule has 1 N–H and O–H groups in total. The summed E-state index contributed by atoms with van der Waals surface area (Å²) in [6.45, 7) is 5.65. The number of likely N-dealkylation sites (N-methyl/N-ethyl adjacent to an activating group) is 1. The van der Waals surface area contributed by atoms with Crippen molar-refractivity contribution in [3.63, 3.8) is 0 Å². The Labute approximate surface area is 126 Å². The van der Waals surface area contributed by atoms with Crippen molar-refractivity contribution >= 4 is 5.91 Å². The molecule has 1 amide bonds. The summed E-state index contributed by atoms with van der Waals surface area (Å²) in [4.78, 5) is 14.2. The summed E-state index contributed by atoms with van der Waals surface area (Å²) in [5.41, 5.74) is 2.72. The van der Waals surface area contributed by atoms with Gasteiger partial charge in [0.25, 0.3) is 0 Å². The highest BCUT2D eigenvalue weighted by molar-refractivity contribution is 5.80. The van der Waals surface area contributed by atoms with E-state index in [-0.39, 0.29) is 5.91 Å².